The largest absolute Gasteiger partial charge is 0.348 e. The lowest BCUT2D eigenvalue weighted by Gasteiger charge is -2.18. The topological polar surface area (TPSA) is 40.6 Å². The average molecular weight is 262 g/mol. The predicted octanol–water partition coefficient (Wildman–Crippen LogP) is 1.67. The molecule has 0 saturated heterocycles. The van der Waals surface area contributed by atoms with Gasteiger partial charge in [0.05, 0.1) is 6.54 Å². The molecule has 104 valence electrons. The fourth-order valence-electron chi connectivity index (χ4n) is 1.73. The predicted molar refractivity (Wildman–Crippen MR) is 76.2 cm³/mol. The average Bonchev–Trinajstić information content (AvgIpc) is 2.39. The number of rotatable bonds is 7. The zero-order valence-corrected chi connectivity index (χ0v) is 11.9. The van der Waals surface area contributed by atoms with Crippen LogP contribution in [0.2, 0.25) is 0 Å². The smallest absolute Gasteiger partial charge is 0.236 e. The molecule has 0 heterocycles. The number of hydrogen-bond donors (Lipinski definition) is 0. The van der Waals surface area contributed by atoms with Gasteiger partial charge in [-0.15, -0.1) is 0 Å². The van der Waals surface area contributed by atoms with E-state index in [0.29, 0.717) is 13.0 Å². The molecule has 1 aromatic carbocycles. The highest BCUT2D eigenvalue weighted by molar-refractivity contribution is 5.95. The Balaban J connectivity index is 2.27. The first-order chi connectivity index (χ1) is 9.00. The van der Waals surface area contributed by atoms with E-state index in [9.17, 15) is 9.59 Å². The maximum atomic E-state index is 11.9. The first-order valence-corrected chi connectivity index (χ1v) is 6.47. The third-order valence-electron chi connectivity index (χ3n) is 2.94. The summed E-state index contributed by atoms with van der Waals surface area (Å²) < 4.78 is 0. The van der Waals surface area contributed by atoms with Gasteiger partial charge < -0.3 is 4.90 Å². The summed E-state index contributed by atoms with van der Waals surface area (Å²) in [4.78, 5) is 26.9. The van der Waals surface area contributed by atoms with Gasteiger partial charge in [-0.1, -0.05) is 30.3 Å². The Morgan fingerprint density at radius 3 is 2.26 bits per heavy atom. The van der Waals surface area contributed by atoms with Gasteiger partial charge in [0.15, 0.2) is 5.78 Å². The second kappa shape index (κ2) is 7.69. The highest BCUT2D eigenvalue weighted by Gasteiger charge is 2.09. The van der Waals surface area contributed by atoms with Crippen LogP contribution < -0.4 is 0 Å². The fraction of sp³-hybridized carbons (Fsp3) is 0.467. The second-order valence-corrected chi connectivity index (χ2v) is 4.92. The van der Waals surface area contributed by atoms with Crippen molar-refractivity contribution in [3.63, 3.8) is 0 Å². The highest BCUT2D eigenvalue weighted by atomic mass is 16.2. The second-order valence-electron chi connectivity index (χ2n) is 4.92. The number of carbonyl (C=O) groups excluding carboxylic acids is 2. The van der Waals surface area contributed by atoms with Crippen molar-refractivity contribution in [2.75, 3.05) is 34.2 Å². The van der Waals surface area contributed by atoms with Gasteiger partial charge in [0.2, 0.25) is 5.91 Å². The van der Waals surface area contributed by atoms with E-state index in [-0.39, 0.29) is 11.7 Å². The molecule has 0 spiro atoms. The molecule has 19 heavy (non-hydrogen) atoms. The monoisotopic (exact) mass is 262 g/mol. The fourth-order valence-corrected chi connectivity index (χ4v) is 1.73. The Hall–Kier alpha value is -1.68. The molecule has 1 rings (SSSR count). The van der Waals surface area contributed by atoms with Crippen LogP contribution in [0.1, 0.15) is 23.2 Å². The Kier molecular flexibility index (Phi) is 6.22. The maximum Gasteiger partial charge on any atom is 0.236 e. The molecule has 0 aliphatic carbocycles. The van der Waals surface area contributed by atoms with E-state index in [4.69, 9.17) is 0 Å². The van der Waals surface area contributed by atoms with Crippen molar-refractivity contribution in [3.8, 4) is 0 Å². The van der Waals surface area contributed by atoms with Gasteiger partial charge in [-0.25, -0.2) is 0 Å². The minimum Gasteiger partial charge on any atom is -0.348 e. The molecule has 0 aliphatic heterocycles. The zero-order valence-electron chi connectivity index (χ0n) is 11.9. The van der Waals surface area contributed by atoms with Gasteiger partial charge in [-0.2, -0.15) is 0 Å². The lowest BCUT2D eigenvalue weighted by Crippen LogP contribution is -2.34. The van der Waals surface area contributed by atoms with Crippen LogP contribution in [0, 0.1) is 0 Å². The molecule has 0 radical (unpaired) electrons. The van der Waals surface area contributed by atoms with E-state index in [1.165, 1.54) is 0 Å². The molecule has 0 fully saturated rings. The first-order valence-electron chi connectivity index (χ1n) is 6.47. The Morgan fingerprint density at radius 2 is 1.68 bits per heavy atom. The van der Waals surface area contributed by atoms with Gasteiger partial charge in [0.25, 0.3) is 0 Å². The molecule has 0 atom stereocenters. The number of nitrogens with zero attached hydrogens (tertiary/aromatic N) is 2. The number of amides is 1. The lowest BCUT2D eigenvalue weighted by molar-refractivity contribution is -0.129. The molecule has 0 N–H and O–H groups in total. The number of ketones is 1. The van der Waals surface area contributed by atoms with Crippen molar-refractivity contribution in [2.24, 2.45) is 0 Å². The van der Waals surface area contributed by atoms with Crippen molar-refractivity contribution < 1.29 is 9.59 Å². The summed E-state index contributed by atoms with van der Waals surface area (Å²) in [6.45, 7) is 1.14. The van der Waals surface area contributed by atoms with Crippen LogP contribution in [0.5, 0.6) is 0 Å². The molecule has 4 heteroatoms. The lowest BCUT2D eigenvalue weighted by atomic mass is 10.1. The van der Waals surface area contributed by atoms with Gasteiger partial charge in [-0.3, -0.25) is 14.5 Å². The normalized spacial score (nSPS) is 10.5. The molecule has 0 bridgehead atoms. The third kappa shape index (κ3) is 5.66. The molecule has 0 aromatic heterocycles. The van der Waals surface area contributed by atoms with E-state index in [1.54, 1.807) is 19.0 Å². The molecule has 0 saturated carbocycles. The highest BCUT2D eigenvalue weighted by Crippen LogP contribution is 2.05. The Labute approximate surface area is 115 Å². The van der Waals surface area contributed by atoms with Crippen LogP contribution >= 0.6 is 0 Å². The number of carbonyl (C=O) groups is 2. The van der Waals surface area contributed by atoms with E-state index in [2.05, 4.69) is 0 Å². The summed E-state index contributed by atoms with van der Waals surface area (Å²) in [5.41, 5.74) is 0.759. The van der Waals surface area contributed by atoms with Gasteiger partial charge in [-0.05, 0) is 20.0 Å². The minimum atomic E-state index is 0.0804. The molecule has 0 aliphatic rings. The van der Waals surface area contributed by atoms with Gasteiger partial charge in [0, 0.05) is 26.1 Å². The molecule has 4 nitrogen and oxygen atoms in total. The van der Waals surface area contributed by atoms with Crippen molar-refractivity contribution in [2.45, 2.75) is 12.8 Å². The third-order valence-corrected chi connectivity index (χ3v) is 2.94. The van der Waals surface area contributed by atoms with Crippen molar-refractivity contribution in [1.29, 1.82) is 0 Å². The standard InChI is InChI=1S/C15H22N2O2/c1-16(2)15(19)12-17(3)11-7-10-14(18)13-8-5-4-6-9-13/h4-6,8-9H,7,10-12H2,1-3H3. The summed E-state index contributed by atoms with van der Waals surface area (Å²) in [5.74, 6) is 0.241. The van der Waals surface area contributed by atoms with Crippen LogP contribution in [0.25, 0.3) is 0 Å². The summed E-state index contributed by atoms with van der Waals surface area (Å²) in [6.07, 6.45) is 1.29. The summed E-state index contributed by atoms with van der Waals surface area (Å²) in [7, 11) is 5.39. The van der Waals surface area contributed by atoms with E-state index >= 15 is 0 Å². The Bertz CT molecular complexity index is 415. The van der Waals surface area contributed by atoms with Gasteiger partial charge in [0.1, 0.15) is 0 Å². The van der Waals surface area contributed by atoms with Gasteiger partial charge >= 0.3 is 0 Å². The number of hydrogen-bond acceptors (Lipinski definition) is 3. The SMILES string of the molecule is CN(CCCC(=O)c1ccccc1)CC(=O)N(C)C. The molecule has 1 aromatic rings. The molecule has 0 unspecified atom stereocenters. The number of benzene rings is 1. The van der Waals surface area contributed by atoms with Crippen molar-refractivity contribution in [1.82, 2.24) is 9.80 Å². The van der Waals surface area contributed by atoms with E-state index < -0.39 is 0 Å². The summed E-state index contributed by atoms with van der Waals surface area (Å²) >= 11 is 0. The zero-order chi connectivity index (χ0) is 14.3. The Morgan fingerprint density at radius 1 is 1.05 bits per heavy atom. The summed E-state index contributed by atoms with van der Waals surface area (Å²) in [6, 6.07) is 9.31. The van der Waals surface area contributed by atoms with Crippen molar-refractivity contribution >= 4 is 11.7 Å². The molecular formula is C15H22N2O2. The molecule has 1 amide bonds. The maximum absolute atomic E-state index is 11.9. The number of likely N-dealkylation sites (N-methyl/N-ethyl adjacent to an activating group) is 2. The van der Waals surface area contributed by atoms with Crippen LogP contribution in [0.15, 0.2) is 30.3 Å². The summed E-state index contributed by atoms with van der Waals surface area (Å²) in [5, 5.41) is 0. The van der Waals surface area contributed by atoms with E-state index in [1.807, 2.05) is 42.3 Å². The minimum absolute atomic E-state index is 0.0804. The molecular weight excluding hydrogens is 240 g/mol. The van der Waals surface area contributed by atoms with Crippen molar-refractivity contribution in [3.05, 3.63) is 35.9 Å². The number of Topliss-reactive ketones (excluding diaryl/α,β-unsaturated/α-hetero) is 1. The van der Waals surface area contributed by atoms with E-state index in [0.717, 1.165) is 18.5 Å². The van der Waals surface area contributed by atoms with Crippen LogP contribution in [0.4, 0.5) is 0 Å². The van der Waals surface area contributed by atoms with Crippen LogP contribution in [-0.2, 0) is 4.79 Å². The van der Waals surface area contributed by atoms with Crippen LogP contribution in [-0.4, -0.2) is 55.7 Å². The van der Waals surface area contributed by atoms with Crippen LogP contribution in [0.3, 0.4) is 0 Å². The quantitative estimate of drug-likeness (QED) is 0.702. The first kappa shape index (κ1) is 15.4.